The Hall–Kier alpha value is -1.97. The van der Waals surface area contributed by atoms with Crippen LogP contribution in [0.15, 0.2) is 53.3 Å². The van der Waals surface area contributed by atoms with Crippen LogP contribution in [0.3, 0.4) is 0 Å². The van der Waals surface area contributed by atoms with Crippen molar-refractivity contribution < 1.29 is 0 Å². The van der Waals surface area contributed by atoms with E-state index >= 15 is 0 Å². The first-order valence-electron chi connectivity index (χ1n) is 6.40. The number of nitrogens with zero attached hydrogens (tertiary/aromatic N) is 1. The van der Waals surface area contributed by atoms with E-state index in [0.717, 1.165) is 11.3 Å². The van der Waals surface area contributed by atoms with Gasteiger partial charge in [-0.1, -0.05) is 53.5 Å². The van der Waals surface area contributed by atoms with Gasteiger partial charge in [-0.15, -0.1) is 0 Å². The summed E-state index contributed by atoms with van der Waals surface area (Å²) in [5.41, 5.74) is 2.97. The van der Waals surface area contributed by atoms with Crippen LogP contribution in [0.4, 0.5) is 0 Å². The molecule has 0 atom stereocenters. The second-order valence-corrected chi connectivity index (χ2v) is 5.53. The molecule has 5 heteroatoms. The largest absolute Gasteiger partial charge is 0.290 e. The van der Waals surface area contributed by atoms with Crippen molar-refractivity contribution in [2.75, 3.05) is 0 Å². The molecule has 0 aliphatic rings. The van der Waals surface area contributed by atoms with Gasteiger partial charge in [0.2, 0.25) is 0 Å². The van der Waals surface area contributed by atoms with Gasteiger partial charge in [-0.05, 0) is 30.7 Å². The van der Waals surface area contributed by atoms with E-state index in [1.807, 2.05) is 30.3 Å². The number of aromatic nitrogens is 2. The Bertz CT molecular complexity index is 850. The van der Waals surface area contributed by atoms with E-state index < -0.39 is 0 Å². The fraction of sp³-hybridized carbons (Fsp3) is 0.0625. The summed E-state index contributed by atoms with van der Waals surface area (Å²) >= 11 is 11.9. The summed E-state index contributed by atoms with van der Waals surface area (Å²) < 4.78 is 1.47. The molecule has 0 unspecified atom stereocenters. The predicted octanol–water partition coefficient (Wildman–Crippen LogP) is 4.45. The van der Waals surface area contributed by atoms with Crippen molar-refractivity contribution in [3.8, 4) is 16.9 Å². The lowest BCUT2D eigenvalue weighted by molar-refractivity contribution is 0.851. The maximum atomic E-state index is 12.4. The smallest absolute Gasteiger partial charge is 0.274 e. The van der Waals surface area contributed by atoms with Crippen molar-refractivity contribution in [2.45, 2.75) is 6.92 Å². The van der Waals surface area contributed by atoms with E-state index in [0.29, 0.717) is 21.3 Å². The lowest BCUT2D eigenvalue weighted by Crippen LogP contribution is -2.15. The number of hydrogen-bond acceptors (Lipinski definition) is 1. The van der Waals surface area contributed by atoms with Crippen molar-refractivity contribution in [1.82, 2.24) is 9.78 Å². The first-order chi connectivity index (χ1) is 10.1. The van der Waals surface area contributed by atoms with Crippen molar-refractivity contribution in [3.05, 3.63) is 74.5 Å². The van der Waals surface area contributed by atoms with E-state index in [1.165, 1.54) is 4.68 Å². The Morgan fingerprint density at radius 1 is 1.00 bits per heavy atom. The zero-order valence-corrected chi connectivity index (χ0v) is 12.7. The monoisotopic (exact) mass is 318 g/mol. The zero-order chi connectivity index (χ0) is 15.0. The Morgan fingerprint density at radius 2 is 1.71 bits per heavy atom. The minimum absolute atomic E-state index is 0.104. The molecule has 0 radical (unpaired) electrons. The number of H-pyrrole nitrogens is 1. The molecule has 3 nitrogen and oxygen atoms in total. The van der Waals surface area contributed by atoms with E-state index in [1.54, 1.807) is 25.1 Å². The standard InChI is InChI=1S/C16H12Cl2N2O/c1-10-15(11-5-3-2-4-6-11)19-20(16(10)21)12-7-8-13(17)14(18)9-12/h2-9,19H,1H3. The molecule has 0 saturated heterocycles. The first-order valence-corrected chi connectivity index (χ1v) is 7.16. The molecular formula is C16H12Cl2N2O. The van der Waals surface area contributed by atoms with Crippen LogP contribution >= 0.6 is 23.2 Å². The lowest BCUT2D eigenvalue weighted by Gasteiger charge is -2.04. The normalized spacial score (nSPS) is 10.8. The Labute approximate surface area is 131 Å². The van der Waals surface area contributed by atoms with Crippen molar-refractivity contribution in [1.29, 1.82) is 0 Å². The average Bonchev–Trinajstić information content (AvgIpc) is 2.79. The van der Waals surface area contributed by atoms with E-state index in [4.69, 9.17) is 23.2 Å². The summed E-state index contributed by atoms with van der Waals surface area (Å²) in [5.74, 6) is 0. The SMILES string of the molecule is Cc1c(-c2ccccc2)[nH]n(-c2ccc(Cl)c(Cl)c2)c1=O. The molecule has 0 spiro atoms. The summed E-state index contributed by atoms with van der Waals surface area (Å²) in [5, 5.41) is 4.00. The molecule has 3 aromatic rings. The molecule has 21 heavy (non-hydrogen) atoms. The van der Waals surface area contributed by atoms with Crippen LogP contribution in [-0.4, -0.2) is 9.78 Å². The molecular weight excluding hydrogens is 307 g/mol. The Balaban J connectivity index is 2.17. The van der Waals surface area contributed by atoms with E-state index in [-0.39, 0.29) is 5.56 Å². The van der Waals surface area contributed by atoms with Crippen LogP contribution in [0.25, 0.3) is 16.9 Å². The number of rotatable bonds is 2. The van der Waals surface area contributed by atoms with E-state index in [9.17, 15) is 4.79 Å². The fourth-order valence-electron chi connectivity index (χ4n) is 2.21. The molecule has 0 bridgehead atoms. The molecule has 0 aliphatic carbocycles. The van der Waals surface area contributed by atoms with E-state index in [2.05, 4.69) is 5.10 Å². The maximum Gasteiger partial charge on any atom is 0.274 e. The topological polar surface area (TPSA) is 37.8 Å². The number of aromatic amines is 1. The molecule has 1 heterocycles. The third-order valence-electron chi connectivity index (χ3n) is 3.35. The van der Waals surface area contributed by atoms with Crippen LogP contribution in [0, 0.1) is 6.92 Å². The molecule has 106 valence electrons. The van der Waals surface area contributed by atoms with Crippen LogP contribution in [0.5, 0.6) is 0 Å². The summed E-state index contributed by atoms with van der Waals surface area (Å²) in [6, 6.07) is 14.8. The molecule has 0 saturated carbocycles. The van der Waals surface area contributed by atoms with Crippen LogP contribution in [0.1, 0.15) is 5.56 Å². The van der Waals surface area contributed by atoms with Gasteiger partial charge in [0.25, 0.3) is 5.56 Å². The van der Waals surface area contributed by atoms with Gasteiger partial charge < -0.3 is 0 Å². The number of halogens is 2. The number of nitrogens with one attached hydrogen (secondary N) is 1. The minimum atomic E-state index is -0.104. The van der Waals surface area contributed by atoms with Gasteiger partial charge in [0, 0.05) is 5.56 Å². The third-order valence-corrected chi connectivity index (χ3v) is 4.09. The van der Waals surface area contributed by atoms with Gasteiger partial charge in [0.15, 0.2) is 0 Å². The van der Waals surface area contributed by atoms with Crippen molar-refractivity contribution in [2.24, 2.45) is 0 Å². The second kappa shape index (κ2) is 5.43. The molecule has 0 amide bonds. The summed E-state index contributed by atoms with van der Waals surface area (Å²) in [6.07, 6.45) is 0. The van der Waals surface area contributed by atoms with Crippen molar-refractivity contribution in [3.63, 3.8) is 0 Å². The molecule has 1 N–H and O–H groups in total. The zero-order valence-electron chi connectivity index (χ0n) is 11.2. The summed E-state index contributed by atoms with van der Waals surface area (Å²) in [7, 11) is 0. The highest BCUT2D eigenvalue weighted by molar-refractivity contribution is 6.42. The maximum absolute atomic E-state index is 12.4. The minimum Gasteiger partial charge on any atom is -0.290 e. The molecule has 2 aromatic carbocycles. The molecule has 0 aliphatic heterocycles. The van der Waals surface area contributed by atoms with Gasteiger partial charge in [-0.25, -0.2) is 4.68 Å². The first kappa shape index (κ1) is 14.0. The highest BCUT2D eigenvalue weighted by Crippen LogP contribution is 2.25. The quantitative estimate of drug-likeness (QED) is 0.744. The van der Waals surface area contributed by atoms with Gasteiger partial charge in [0.1, 0.15) is 0 Å². The Kier molecular flexibility index (Phi) is 3.62. The Morgan fingerprint density at radius 3 is 2.38 bits per heavy atom. The molecule has 0 fully saturated rings. The van der Waals surface area contributed by atoms with Crippen LogP contribution in [0.2, 0.25) is 10.0 Å². The number of hydrogen-bond donors (Lipinski definition) is 1. The highest BCUT2D eigenvalue weighted by Gasteiger charge is 2.13. The van der Waals surface area contributed by atoms with Crippen LogP contribution < -0.4 is 5.56 Å². The van der Waals surface area contributed by atoms with Gasteiger partial charge >= 0.3 is 0 Å². The summed E-state index contributed by atoms with van der Waals surface area (Å²) in [4.78, 5) is 12.4. The molecule has 1 aromatic heterocycles. The molecule has 3 rings (SSSR count). The second-order valence-electron chi connectivity index (χ2n) is 4.72. The predicted molar refractivity (Wildman–Crippen MR) is 86.6 cm³/mol. The van der Waals surface area contributed by atoms with Gasteiger partial charge in [-0.2, -0.15) is 0 Å². The van der Waals surface area contributed by atoms with Crippen molar-refractivity contribution >= 4 is 23.2 Å². The lowest BCUT2D eigenvalue weighted by atomic mass is 10.1. The third kappa shape index (κ3) is 2.50. The number of benzene rings is 2. The fourth-order valence-corrected chi connectivity index (χ4v) is 2.51. The average molecular weight is 319 g/mol. The van der Waals surface area contributed by atoms with Gasteiger partial charge in [-0.3, -0.25) is 9.89 Å². The highest BCUT2D eigenvalue weighted by atomic mass is 35.5. The van der Waals surface area contributed by atoms with Crippen LogP contribution in [-0.2, 0) is 0 Å². The van der Waals surface area contributed by atoms with Gasteiger partial charge in [0.05, 0.1) is 21.4 Å². The summed E-state index contributed by atoms with van der Waals surface area (Å²) in [6.45, 7) is 1.80.